The van der Waals surface area contributed by atoms with Crippen molar-refractivity contribution in [1.29, 1.82) is 0 Å². The standard InChI is InChI=1S/C32H32F6O/c1-19-2-4-20(5-3-19)22-8-13-27(29(34)16-22)23-9-14-26(30(35)17-23)21-6-10-24(11-7-21)32(37,38)39-25-12-15-28(33)31(36)18-25/h8-9,12-21,24H,2-7,10-11H2,1H3. The summed E-state index contributed by atoms with van der Waals surface area (Å²) in [6, 6.07) is 12.2. The highest BCUT2D eigenvalue weighted by Gasteiger charge is 2.44. The molecular formula is C32H32F6O. The molecule has 3 aromatic rings. The van der Waals surface area contributed by atoms with Crippen LogP contribution in [0.15, 0.2) is 54.6 Å². The summed E-state index contributed by atoms with van der Waals surface area (Å²) in [5.74, 6) is -4.04. The zero-order valence-electron chi connectivity index (χ0n) is 21.8. The van der Waals surface area contributed by atoms with Crippen molar-refractivity contribution in [3.8, 4) is 16.9 Å². The molecule has 0 saturated heterocycles. The summed E-state index contributed by atoms with van der Waals surface area (Å²) in [5, 5.41) is 0. The number of alkyl halides is 2. The number of hydrogen-bond acceptors (Lipinski definition) is 1. The molecular weight excluding hydrogens is 514 g/mol. The summed E-state index contributed by atoms with van der Waals surface area (Å²) in [4.78, 5) is 0. The van der Waals surface area contributed by atoms with Crippen molar-refractivity contribution < 1.29 is 31.1 Å². The van der Waals surface area contributed by atoms with E-state index >= 15 is 8.78 Å². The van der Waals surface area contributed by atoms with E-state index in [0.29, 0.717) is 47.4 Å². The molecule has 0 N–H and O–H groups in total. The van der Waals surface area contributed by atoms with Crippen molar-refractivity contribution in [2.45, 2.75) is 76.2 Å². The maximum atomic E-state index is 15.2. The lowest BCUT2D eigenvalue weighted by Crippen LogP contribution is -2.37. The lowest BCUT2D eigenvalue weighted by atomic mass is 9.77. The van der Waals surface area contributed by atoms with Crippen LogP contribution in [0.2, 0.25) is 0 Å². The molecule has 0 atom stereocenters. The van der Waals surface area contributed by atoms with Gasteiger partial charge >= 0.3 is 6.11 Å². The Kier molecular flexibility index (Phi) is 7.97. The predicted octanol–water partition coefficient (Wildman–Crippen LogP) is 10.1. The molecule has 1 nitrogen and oxygen atoms in total. The average molecular weight is 547 g/mol. The van der Waals surface area contributed by atoms with Gasteiger partial charge in [0.1, 0.15) is 17.4 Å². The van der Waals surface area contributed by atoms with Crippen LogP contribution < -0.4 is 4.74 Å². The zero-order valence-corrected chi connectivity index (χ0v) is 21.8. The topological polar surface area (TPSA) is 9.23 Å². The Morgan fingerprint density at radius 2 is 1.33 bits per heavy atom. The van der Waals surface area contributed by atoms with Gasteiger partial charge in [-0.1, -0.05) is 44.0 Å². The first kappa shape index (κ1) is 27.6. The highest BCUT2D eigenvalue weighted by Crippen LogP contribution is 2.44. The van der Waals surface area contributed by atoms with Gasteiger partial charge in [-0.05, 0) is 97.2 Å². The molecule has 2 saturated carbocycles. The molecule has 7 heteroatoms. The van der Waals surface area contributed by atoms with E-state index in [1.807, 2.05) is 6.07 Å². The Balaban J connectivity index is 1.23. The normalized spacial score (nSPS) is 24.0. The van der Waals surface area contributed by atoms with Crippen molar-refractivity contribution in [3.05, 3.63) is 89.0 Å². The maximum Gasteiger partial charge on any atom is 0.400 e. The minimum absolute atomic E-state index is 0.0819. The molecule has 208 valence electrons. The van der Waals surface area contributed by atoms with E-state index in [1.54, 1.807) is 24.3 Å². The molecule has 0 radical (unpaired) electrons. The third-order valence-corrected chi connectivity index (χ3v) is 8.58. The van der Waals surface area contributed by atoms with E-state index in [9.17, 15) is 17.6 Å². The van der Waals surface area contributed by atoms with Crippen molar-refractivity contribution in [3.63, 3.8) is 0 Å². The summed E-state index contributed by atoms with van der Waals surface area (Å²) in [6.45, 7) is 2.24. The Morgan fingerprint density at radius 3 is 1.97 bits per heavy atom. The van der Waals surface area contributed by atoms with Crippen LogP contribution in [0.3, 0.4) is 0 Å². The first-order valence-corrected chi connectivity index (χ1v) is 13.7. The monoisotopic (exact) mass is 546 g/mol. The molecule has 0 amide bonds. The Bertz CT molecular complexity index is 1310. The van der Waals surface area contributed by atoms with Gasteiger partial charge in [-0.15, -0.1) is 0 Å². The molecule has 0 bridgehead atoms. The minimum Gasteiger partial charge on any atom is -0.432 e. The van der Waals surface area contributed by atoms with Gasteiger partial charge in [0.2, 0.25) is 0 Å². The fourth-order valence-corrected chi connectivity index (χ4v) is 6.16. The van der Waals surface area contributed by atoms with E-state index in [2.05, 4.69) is 6.92 Å². The van der Waals surface area contributed by atoms with E-state index in [-0.39, 0.29) is 24.6 Å². The van der Waals surface area contributed by atoms with E-state index < -0.39 is 35.2 Å². The van der Waals surface area contributed by atoms with Gasteiger partial charge in [-0.2, -0.15) is 8.78 Å². The van der Waals surface area contributed by atoms with Gasteiger partial charge in [0.15, 0.2) is 11.6 Å². The molecule has 0 heterocycles. The Labute approximate surface area is 225 Å². The zero-order chi connectivity index (χ0) is 27.7. The van der Waals surface area contributed by atoms with E-state index in [0.717, 1.165) is 43.4 Å². The molecule has 0 aromatic heterocycles. The van der Waals surface area contributed by atoms with Crippen molar-refractivity contribution in [2.75, 3.05) is 0 Å². The van der Waals surface area contributed by atoms with Crippen LogP contribution in [-0.4, -0.2) is 6.11 Å². The van der Waals surface area contributed by atoms with Crippen LogP contribution in [0.4, 0.5) is 26.3 Å². The van der Waals surface area contributed by atoms with Crippen LogP contribution in [0.25, 0.3) is 11.1 Å². The lowest BCUT2D eigenvalue weighted by Gasteiger charge is -2.33. The number of halogens is 6. The first-order chi connectivity index (χ1) is 18.6. The van der Waals surface area contributed by atoms with E-state index in [1.165, 1.54) is 6.07 Å². The molecule has 2 fully saturated rings. The Hall–Kier alpha value is -2.96. The second-order valence-electron chi connectivity index (χ2n) is 11.2. The molecule has 2 aliphatic carbocycles. The molecule has 39 heavy (non-hydrogen) atoms. The van der Waals surface area contributed by atoms with Gasteiger partial charge in [-0.3, -0.25) is 0 Å². The van der Waals surface area contributed by atoms with Crippen LogP contribution >= 0.6 is 0 Å². The fraction of sp³-hybridized carbons (Fsp3) is 0.438. The summed E-state index contributed by atoms with van der Waals surface area (Å²) in [5.41, 5.74) is 2.20. The third kappa shape index (κ3) is 6.12. The summed E-state index contributed by atoms with van der Waals surface area (Å²) >= 11 is 0. The third-order valence-electron chi connectivity index (χ3n) is 8.58. The van der Waals surface area contributed by atoms with Gasteiger partial charge < -0.3 is 4.74 Å². The lowest BCUT2D eigenvalue weighted by molar-refractivity contribution is -0.222. The quantitative estimate of drug-likeness (QED) is 0.280. The minimum atomic E-state index is -3.57. The van der Waals surface area contributed by atoms with Gasteiger partial charge in [0.05, 0.1) is 5.92 Å². The predicted molar refractivity (Wildman–Crippen MR) is 139 cm³/mol. The van der Waals surface area contributed by atoms with Gasteiger partial charge in [-0.25, -0.2) is 17.6 Å². The molecule has 5 rings (SSSR count). The second-order valence-corrected chi connectivity index (χ2v) is 11.2. The summed E-state index contributed by atoms with van der Waals surface area (Å²) in [6.07, 6.45) is 1.61. The van der Waals surface area contributed by atoms with Crippen LogP contribution in [0.1, 0.15) is 81.3 Å². The van der Waals surface area contributed by atoms with Gasteiger partial charge in [0.25, 0.3) is 0 Å². The smallest absolute Gasteiger partial charge is 0.400 e. The van der Waals surface area contributed by atoms with Crippen molar-refractivity contribution >= 4 is 0 Å². The maximum absolute atomic E-state index is 15.2. The molecule has 0 aliphatic heterocycles. The molecule has 0 spiro atoms. The van der Waals surface area contributed by atoms with Crippen molar-refractivity contribution in [2.24, 2.45) is 11.8 Å². The van der Waals surface area contributed by atoms with Crippen LogP contribution in [0, 0.1) is 35.1 Å². The van der Waals surface area contributed by atoms with Gasteiger partial charge in [0, 0.05) is 11.6 Å². The number of benzene rings is 3. The molecule has 3 aromatic carbocycles. The summed E-state index contributed by atoms with van der Waals surface area (Å²) < 4.78 is 90.9. The highest BCUT2D eigenvalue weighted by molar-refractivity contribution is 5.65. The Morgan fingerprint density at radius 1 is 0.641 bits per heavy atom. The number of rotatable bonds is 6. The van der Waals surface area contributed by atoms with Crippen LogP contribution in [0.5, 0.6) is 5.75 Å². The SMILES string of the molecule is CC1CCC(c2ccc(-c3ccc(C4CCC(C(F)(F)Oc5ccc(F)c(F)c5)CC4)c(F)c3)c(F)c2)CC1. The highest BCUT2D eigenvalue weighted by atomic mass is 19.3. The van der Waals surface area contributed by atoms with E-state index in [4.69, 9.17) is 4.74 Å². The second kappa shape index (κ2) is 11.3. The van der Waals surface area contributed by atoms with Crippen molar-refractivity contribution in [1.82, 2.24) is 0 Å². The molecule has 2 aliphatic rings. The van der Waals surface area contributed by atoms with Crippen LogP contribution in [-0.2, 0) is 0 Å². The number of hydrogen-bond donors (Lipinski definition) is 0. The largest absolute Gasteiger partial charge is 0.432 e. The number of ether oxygens (including phenoxy) is 1. The molecule has 0 unspecified atom stereocenters. The fourth-order valence-electron chi connectivity index (χ4n) is 6.16. The first-order valence-electron chi connectivity index (χ1n) is 13.7. The average Bonchev–Trinajstić information content (AvgIpc) is 2.91. The summed E-state index contributed by atoms with van der Waals surface area (Å²) in [7, 11) is 0.